The Labute approximate surface area is 298 Å². The van der Waals surface area contributed by atoms with Crippen LogP contribution in [0.3, 0.4) is 0 Å². The first-order valence-corrected chi connectivity index (χ1v) is 21.3. The van der Waals surface area contributed by atoms with Gasteiger partial charge in [0.1, 0.15) is 6.10 Å². The van der Waals surface area contributed by atoms with Crippen molar-refractivity contribution in [3.63, 3.8) is 0 Å². The summed E-state index contributed by atoms with van der Waals surface area (Å²) in [5, 5.41) is 0. The molecule has 2 nitrogen and oxygen atoms in total. The zero-order valence-corrected chi connectivity index (χ0v) is 32.8. The zero-order valence-electron chi connectivity index (χ0n) is 32.8. The number of hydrogen-bond acceptors (Lipinski definition) is 2. The van der Waals surface area contributed by atoms with Crippen molar-refractivity contribution in [1.29, 1.82) is 0 Å². The molecule has 4 aliphatic rings. The second kappa shape index (κ2) is 19.3. The number of fused-ring (bicyclic) bond motifs is 5. The molecule has 0 heterocycles. The Morgan fingerprint density at radius 1 is 0.833 bits per heavy atom. The maximum Gasteiger partial charge on any atom is 0.306 e. The van der Waals surface area contributed by atoms with Crippen molar-refractivity contribution in [1.82, 2.24) is 0 Å². The van der Waals surface area contributed by atoms with Crippen LogP contribution in [0, 0.1) is 46.3 Å². The Morgan fingerprint density at radius 2 is 1.46 bits per heavy atom. The molecular formula is C46H78O2. The Kier molecular flexibility index (Phi) is 15.9. The van der Waals surface area contributed by atoms with Gasteiger partial charge in [0.15, 0.2) is 0 Å². The predicted molar refractivity (Wildman–Crippen MR) is 207 cm³/mol. The summed E-state index contributed by atoms with van der Waals surface area (Å²) in [6.45, 7) is 19.1. The van der Waals surface area contributed by atoms with Gasteiger partial charge in [0, 0.05) is 6.42 Å². The summed E-state index contributed by atoms with van der Waals surface area (Å²) in [6, 6.07) is 0. The molecular weight excluding hydrogens is 585 g/mol. The van der Waals surface area contributed by atoms with E-state index in [0.717, 1.165) is 49.4 Å². The van der Waals surface area contributed by atoms with E-state index in [1.54, 1.807) is 0 Å². The van der Waals surface area contributed by atoms with Crippen LogP contribution in [-0.2, 0) is 9.53 Å². The minimum atomic E-state index is 0.0600. The highest BCUT2D eigenvalue weighted by Gasteiger charge is 2.58. The summed E-state index contributed by atoms with van der Waals surface area (Å²) in [5.74, 6) is 4.51. The van der Waals surface area contributed by atoms with Gasteiger partial charge in [-0.1, -0.05) is 129 Å². The van der Waals surface area contributed by atoms with Gasteiger partial charge in [-0.3, -0.25) is 4.79 Å². The topological polar surface area (TPSA) is 26.3 Å². The maximum absolute atomic E-state index is 12.8. The van der Waals surface area contributed by atoms with Crippen molar-refractivity contribution in [3.05, 3.63) is 36.0 Å². The molecule has 2 heteroatoms. The third-order valence-electron chi connectivity index (χ3n) is 14.5. The molecule has 0 N–H and O–H groups in total. The van der Waals surface area contributed by atoms with Crippen LogP contribution in [0.1, 0.15) is 196 Å². The van der Waals surface area contributed by atoms with E-state index in [4.69, 9.17) is 4.74 Å². The lowest BCUT2D eigenvalue weighted by atomic mass is 9.47. The summed E-state index contributed by atoms with van der Waals surface area (Å²) < 4.78 is 6.15. The van der Waals surface area contributed by atoms with Crippen molar-refractivity contribution in [2.45, 2.75) is 202 Å². The van der Waals surface area contributed by atoms with Crippen LogP contribution < -0.4 is 0 Å². The molecule has 0 spiro atoms. The Hall–Kier alpha value is -1.31. The molecule has 4 rings (SSSR count). The van der Waals surface area contributed by atoms with Gasteiger partial charge in [0.25, 0.3) is 0 Å². The number of esters is 1. The summed E-state index contributed by atoms with van der Waals surface area (Å²) in [4.78, 5) is 12.8. The monoisotopic (exact) mass is 663 g/mol. The fraction of sp³-hybridized carbons (Fsp3) is 0.848. The van der Waals surface area contributed by atoms with Gasteiger partial charge >= 0.3 is 5.97 Å². The molecule has 0 amide bonds. The van der Waals surface area contributed by atoms with E-state index in [-0.39, 0.29) is 12.1 Å². The van der Waals surface area contributed by atoms with Crippen LogP contribution in [0.15, 0.2) is 36.0 Å². The highest BCUT2D eigenvalue weighted by molar-refractivity contribution is 5.69. The van der Waals surface area contributed by atoms with Crippen LogP contribution in [-0.4, -0.2) is 12.1 Å². The summed E-state index contributed by atoms with van der Waals surface area (Å²) in [7, 11) is 0. The Morgan fingerprint density at radius 3 is 2.15 bits per heavy atom. The van der Waals surface area contributed by atoms with Gasteiger partial charge in [-0.15, -0.1) is 0 Å². The highest BCUT2D eigenvalue weighted by Crippen LogP contribution is 2.67. The molecule has 0 aromatic carbocycles. The zero-order chi connectivity index (χ0) is 34.6. The van der Waals surface area contributed by atoms with Gasteiger partial charge in [-0.05, 0) is 143 Å². The lowest BCUT2D eigenvalue weighted by molar-refractivity contribution is -0.155. The number of unbranched alkanes of at least 4 members (excludes halogenated alkanes) is 11. The number of carbonyl (C=O) groups is 1. The van der Waals surface area contributed by atoms with E-state index < -0.39 is 0 Å². The van der Waals surface area contributed by atoms with Gasteiger partial charge in [-0.2, -0.15) is 0 Å². The van der Waals surface area contributed by atoms with Crippen LogP contribution in [0.25, 0.3) is 0 Å². The van der Waals surface area contributed by atoms with Crippen molar-refractivity contribution < 1.29 is 9.53 Å². The average Bonchev–Trinajstić information content (AvgIpc) is 3.42. The fourth-order valence-corrected chi connectivity index (χ4v) is 11.0. The number of ether oxygens (including phenoxy) is 1. The lowest BCUT2D eigenvalue weighted by Gasteiger charge is -2.58. The minimum absolute atomic E-state index is 0.0600. The highest BCUT2D eigenvalue weighted by atomic mass is 16.5. The second-order valence-corrected chi connectivity index (χ2v) is 18.0. The third kappa shape index (κ3) is 10.4. The summed E-state index contributed by atoms with van der Waals surface area (Å²) >= 11 is 0. The van der Waals surface area contributed by atoms with Crippen molar-refractivity contribution >= 4 is 5.97 Å². The minimum Gasteiger partial charge on any atom is -0.462 e. The SMILES string of the molecule is C=C(CCC(C)C1CCC2C3=CCC4CC(OC(=O)CCCCCCCC=CCCCCCCCC)CCC4(C)C3CCC21C)C(C)C. The van der Waals surface area contributed by atoms with Crippen LogP contribution in [0.4, 0.5) is 0 Å². The molecule has 0 saturated heterocycles. The van der Waals surface area contributed by atoms with Gasteiger partial charge < -0.3 is 4.74 Å². The number of carbonyl (C=O) groups excluding carboxylic acids is 1. The van der Waals surface area contributed by atoms with E-state index in [1.165, 1.54) is 128 Å². The van der Waals surface area contributed by atoms with Crippen LogP contribution in [0.2, 0.25) is 0 Å². The number of allylic oxidation sites excluding steroid dienone is 5. The van der Waals surface area contributed by atoms with E-state index in [9.17, 15) is 4.79 Å². The fourth-order valence-electron chi connectivity index (χ4n) is 11.0. The molecule has 274 valence electrons. The summed E-state index contributed by atoms with van der Waals surface area (Å²) in [6.07, 6.45) is 37.6. The molecule has 4 aliphatic carbocycles. The van der Waals surface area contributed by atoms with Crippen molar-refractivity contribution in [2.75, 3.05) is 0 Å². The van der Waals surface area contributed by atoms with E-state index in [0.29, 0.717) is 29.1 Å². The maximum atomic E-state index is 12.8. The Bertz CT molecular complexity index is 1050. The Balaban J connectivity index is 1.13. The van der Waals surface area contributed by atoms with Gasteiger partial charge in [0.2, 0.25) is 0 Å². The second-order valence-electron chi connectivity index (χ2n) is 18.0. The molecule has 0 aromatic heterocycles. The quantitative estimate of drug-likeness (QED) is 0.0694. The third-order valence-corrected chi connectivity index (χ3v) is 14.5. The van der Waals surface area contributed by atoms with Gasteiger partial charge in [0.05, 0.1) is 0 Å². The predicted octanol–water partition coefficient (Wildman–Crippen LogP) is 14.1. The first kappa shape index (κ1) is 39.5. The molecule has 0 bridgehead atoms. The van der Waals surface area contributed by atoms with E-state index >= 15 is 0 Å². The van der Waals surface area contributed by atoms with E-state index in [2.05, 4.69) is 66.3 Å². The average molecular weight is 663 g/mol. The molecule has 8 atom stereocenters. The molecule has 0 radical (unpaired) electrons. The normalized spacial score (nSPS) is 32.1. The molecule has 3 fully saturated rings. The largest absolute Gasteiger partial charge is 0.462 e. The molecule has 0 aliphatic heterocycles. The molecule has 8 unspecified atom stereocenters. The molecule has 3 saturated carbocycles. The number of rotatable bonds is 21. The lowest BCUT2D eigenvalue weighted by Crippen LogP contribution is -2.50. The smallest absolute Gasteiger partial charge is 0.306 e. The van der Waals surface area contributed by atoms with Crippen molar-refractivity contribution in [3.8, 4) is 0 Å². The van der Waals surface area contributed by atoms with E-state index in [1.807, 2.05) is 5.57 Å². The molecule has 0 aromatic rings. The number of hydrogen-bond donors (Lipinski definition) is 0. The first-order valence-electron chi connectivity index (χ1n) is 21.3. The van der Waals surface area contributed by atoms with Gasteiger partial charge in [-0.25, -0.2) is 0 Å². The summed E-state index contributed by atoms with van der Waals surface area (Å²) in [5.41, 5.74) is 4.14. The molecule has 48 heavy (non-hydrogen) atoms. The standard InChI is InChI=1S/C46H78O2/c1-8-9-10-11-12-13-14-15-16-17-18-19-20-21-22-23-44(47)48-39-30-32-45(6)38(34-39)26-27-40-42-29-28-41(46(42,7)33-31-43(40)45)37(5)25-24-36(4)35(2)3/h15-16,27,35,37-39,41-43H,4,8-14,17-26,28-34H2,1-3,5-7H3. The van der Waals surface area contributed by atoms with Crippen molar-refractivity contribution in [2.24, 2.45) is 46.3 Å². The van der Waals surface area contributed by atoms with Crippen LogP contribution in [0.5, 0.6) is 0 Å². The van der Waals surface area contributed by atoms with Crippen LogP contribution >= 0.6 is 0 Å². The first-order chi connectivity index (χ1) is 23.1.